The molecule has 0 fully saturated rings. The molecular formula is C19H22N2O5. The number of amides is 1. The van der Waals surface area contributed by atoms with E-state index in [1.807, 2.05) is 25.1 Å². The van der Waals surface area contributed by atoms with Crippen molar-refractivity contribution in [1.82, 2.24) is 5.43 Å². The van der Waals surface area contributed by atoms with E-state index in [0.717, 1.165) is 16.9 Å². The molecule has 1 N–H and O–H groups in total. The van der Waals surface area contributed by atoms with Gasteiger partial charge in [0.15, 0.2) is 11.5 Å². The van der Waals surface area contributed by atoms with E-state index in [1.54, 1.807) is 25.5 Å². The van der Waals surface area contributed by atoms with Gasteiger partial charge in [0.05, 0.1) is 34.7 Å². The number of benzene rings is 2. The van der Waals surface area contributed by atoms with Crippen LogP contribution in [-0.4, -0.2) is 40.6 Å². The number of rotatable bonds is 7. The summed E-state index contributed by atoms with van der Waals surface area (Å²) in [4.78, 5) is 12.3. The highest BCUT2D eigenvalue weighted by Crippen LogP contribution is 2.38. The molecule has 0 aromatic heterocycles. The van der Waals surface area contributed by atoms with Gasteiger partial charge in [0.25, 0.3) is 5.91 Å². The highest BCUT2D eigenvalue weighted by molar-refractivity contribution is 5.96. The lowest BCUT2D eigenvalue weighted by atomic mass is 10.1. The Morgan fingerprint density at radius 2 is 1.54 bits per heavy atom. The molecule has 26 heavy (non-hydrogen) atoms. The Hall–Kier alpha value is -3.22. The summed E-state index contributed by atoms with van der Waals surface area (Å²) >= 11 is 0. The fourth-order valence-electron chi connectivity index (χ4n) is 2.42. The third-order valence-electron chi connectivity index (χ3n) is 3.73. The Kier molecular flexibility index (Phi) is 6.43. The van der Waals surface area contributed by atoms with E-state index >= 15 is 0 Å². The summed E-state index contributed by atoms with van der Waals surface area (Å²) in [5.41, 5.74) is 4.64. The number of hydrogen-bond donors (Lipinski definition) is 1. The second-order valence-electron chi connectivity index (χ2n) is 5.34. The summed E-state index contributed by atoms with van der Waals surface area (Å²) in [5.74, 6) is 1.61. The van der Waals surface area contributed by atoms with Crippen LogP contribution >= 0.6 is 0 Å². The average molecular weight is 358 g/mol. The zero-order valence-corrected chi connectivity index (χ0v) is 15.5. The van der Waals surface area contributed by atoms with E-state index in [4.69, 9.17) is 18.9 Å². The van der Waals surface area contributed by atoms with Gasteiger partial charge in [-0.15, -0.1) is 0 Å². The highest BCUT2D eigenvalue weighted by Gasteiger charge is 2.16. The molecule has 0 aliphatic rings. The topological polar surface area (TPSA) is 78.4 Å². The van der Waals surface area contributed by atoms with E-state index in [0.29, 0.717) is 22.8 Å². The smallest absolute Gasteiger partial charge is 0.271 e. The van der Waals surface area contributed by atoms with E-state index in [1.165, 1.54) is 21.3 Å². The number of aryl methyl sites for hydroxylation is 1. The van der Waals surface area contributed by atoms with Crippen molar-refractivity contribution < 1.29 is 23.7 Å². The first kappa shape index (κ1) is 19.1. The number of methoxy groups -OCH3 is 4. The van der Waals surface area contributed by atoms with Crippen LogP contribution in [0.25, 0.3) is 0 Å². The minimum atomic E-state index is -0.397. The fourth-order valence-corrected chi connectivity index (χ4v) is 2.42. The van der Waals surface area contributed by atoms with Gasteiger partial charge in [-0.05, 0) is 48.4 Å². The predicted octanol–water partition coefficient (Wildman–Crippen LogP) is 2.79. The molecule has 0 unspecified atom stereocenters. The average Bonchev–Trinajstić information content (AvgIpc) is 2.66. The number of carbonyl (C=O) groups is 1. The lowest BCUT2D eigenvalue weighted by Crippen LogP contribution is -2.18. The molecular weight excluding hydrogens is 336 g/mol. The third kappa shape index (κ3) is 4.24. The van der Waals surface area contributed by atoms with Crippen LogP contribution in [0.2, 0.25) is 0 Å². The minimum Gasteiger partial charge on any atom is -0.496 e. The van der Waals surface area contributed by atoms with Gasteiger partial charge in [-0.1, -0.05) is 0 Å². The second-order valence-corrected chi connectivity index (χ2v) is 5.34. The van der Waals surface area contributed by atoms with Gasteiger partial charge >= 0.3 is 0 Å². The van der Waals surface area contributed by atoms with Crippen molar-refractivity contribution in [2.75, 3.05) is 28.4 Å². The Morgan fingerprint density at radius 3 is 2.04 bits per heavy atom. The van der Waals surface area contributed by atoms with Crippen molar-refractivity contribution in [3.05, 3.63) is 47.0 Å². The lowest BCUT2D eigenvalue weighted by Gasteiger charge is -2.13. The van der Waals surface area contributed by atoms with Crippen molar-refractivity contribution in [3.63, 3.8) is 0 Å². The number of hydrogen-bond acceptors (Lipinski definition) is 6. The largest absolute Gasteiger partial charge is 0.496 e. The molecule has 0 heterocycles. The van der Waals surface area contributed by atoms with Gasteiger partial charge < -0.3 is 18.9 Å². The summed E-state index contributed by atoms with van der Waals surface area (Å²) in [5, 5.41) is 3.99. The van der Waals surface area contributed by atoms with Gasteiger partial charge in [0.1, 0.15) is 5.75 Å². The molecule has 1 amide bonds. The molecule has 0 saturated carbocycles. The van der Waals surface area contributed by atoms with Gasteiger partial charge in [0, 0.05) is 5.56 Å². The van der Waals surface area contributed by atoms with Gasteiger partial charge in [-0.2, -0.15) is 5.10 Å². The predicted molar refractivity (Wildman–Crippen MR) is 98.9 cm³/mol. The van der Waals surface area contributed by atoms with Crippen molar-refractivity contribution in [3.8, 4) is 23.0 Å². The lowest BCUT2D eigenvalue weighted by molar-refractivity contribution is 0.0954. The van der Waals surface area contributed by atoms with Gasteiger partial charge in [-0.25, -0.2) is 5.43 Å². The van der Waals surface area contributed by atoms with Crippen molar-refractivity contribution in [2.24, 2.45) is 5.10 Å². The van der Waals surface area contributed by atoms with E-state index in [-0.39, 0.29) is 0 Å². The van der Waals surface area contributed by atoms with Crippen LogP contribution in [0.1, 0.15) is 21.5 Å². The molecule has 0 spiro atoms. The van der Waals surface area contributed by atoms with Crippen molar-refractivity contribution in [1.29, 1.82) is 0 Å². The third-order valence-corrected chi connectivity index (χ3v) is 3.73. The molecule has 0 saturated heterocycles. The summed E-state index contributed by atoms with van der Waals surface area (Å²) in [6.07, 6.45) is 1.56. The van der Waals surface area contributed by atoms with Crippen LogP contribution in [0.5, 0.6) is 23.0 Å². The first-order valence-electron chi connectivity index (χ1n) is 7.82. The summed E-state index contributed by atoms with van der Waals surface area (Å²) in [6.45, 7) is 1.94. The molecule has 7 nitrogen and oxygen atoms in total. The fraction of sp³-hybridized carbons (Fsp3) is 0.263. The standard InChI is InChI=1S/C19H22N2O5/c1-12-8-13(6-7-15(12)23-2)11-20-21-19(22)14-9-16(24-3)18(26-5)17(10-14)25-4/h6-11H,1-5H3,(H,21,22)/b20-11+. The zero-order valence-electron chi connectivity index (χ0n) is 15.5. The first-order valence-corrected chi connectivity index (χ1v) is 7.82. The quantitative estimate of drug-likeness (QED) is 0.608. The Labute approximate surface area is 152 Å². The first-order chi connectivity index (χ1) is 12.5. The summed E-state index contributed by atoms with van der Waals surface area (Å²) in [6, 6.07) is 8.72. The molecule has 0 atom stereocenters. The maximum absolute atomic E-state index is 12.3. The maximum Gasteiger partial charge on any atom is 0.271 e. The maximum atomic E-state index is 12.3. The Bertz CT molecular complexity index is 793. The van der Waals surface area contributed by atoms with Gasteiger partial charge in [0.2, 0.25) is 5.75 Å². The SMILES string of the molecule is COc1ccc(/C=N/NC(=O)c2cc(OC)c(OC)c(OC)c2)cc1C. The van der Waals surface area contributed by atoms with E-state index in [9.17, 15) is 4.79 Å². The van der Waals surface area contributed by atoms with Crippen LogP contribution in [0.3, 0.4) is 0 Å². The molecule has 2 rings (SSSR count). The van der Waals surface area contributed by atoms with Crippen LogP contribution in [0.15, 0.2) is 35.4 Å². The molecule has 2 aromatic carbocycles. The summed E-state index contributed by atoms with van der Waals surface area (Å²) in [7, 11) is 6.10. The number of nitrogens with one attached hydrogen (secondary N) is 1. The van der Waals surface area contributed by atoms with Crippen LogP contribution in [0, 0.1) is 6.92 Å². The van der Waals surface area contributed by atoms with Crippen LogP contribution < -0.4 is 24.4 Å². The van der Waals surface area contributed by atoms with E-state index in [2.05, 4.69) is 10.5 Å². The molecule has 7 heteroatoms. The Balaban J connectivity index is 2.16. The summed E-state index contributed by atoms with van der Waals surface area (Å²) < 4.78 is 20.9. The van der Waals surface area contributed by atoms with Crippen molar-refractivity contribution in [2.45, 2.75) is 6.92 Å². The number of hydrazone groups is 1. The van der Waals surface area contributed by atoms with Crippen molar-refractivity contribution >= 4 is 12.1 Å². The molecule has 0 radical (unpaired) electrons. The van der Waals surface area contributed by atoms with E-state index < -0.39 is 5.91 Å². The monoisotopic (exact) mass is 358 g/mol. The van der Waals surface area contributed by atoms with Crippen LogP contribution in [-0.2, 0) is 0 Å². The zero-order chi connectivity index (χ0) is 19.1. The normalized spacial score (nSPS) is 10.5. The van der Waals surface area contributed by atoms with Crippen LogP contribution in [0.4, 0.5) is 0 Å². The molecule has 2 aromatic rings. The number of carbonyl (C=O) groups excluding carboxylic acids is 1. The van der Waals surface area contributed by atoms with Gasteiger partial charge in [-0.3, -0.25) is 4.79 Å². The molecule has 0 bridgehead atoms. The Morgan fingerprint density at radius 1 is 0.923 bits per heavy atom. The molecule has 0 aliphatic heterocycles. The highest BCUT2D eigenvalue weighted by atomic mass is 16.5. The minimum absolute atomic E-state index is 0.336. The second kappa shape index (κ2) is 8.75. The molecule has 0 aliphatic carbocycles. The molecule has 138 valence electrons. The number of ether oxygens (including phenoxy) is 4. The number of nitrogens with zero attached hydrogens (tertiary/aromatic N) is 1.